The van der Waals surface area contributed by atoms with Crippen molar-refractivity contribution in [1.29, 1.82) is 0 Å². The number of para-hydroxylation sites is 2. The molecule has 11 aromatic heterocycles. The van der Waals surface area contributed by atoms with E-state index >= 15 is 0 Å². The van der Waals surface area contributed by atoms with Gasteiger partial charge in [0.25, 0.3) is 0 Å². The van der Waals surface area contributed by atoms with Crippen molar-refractivity contribution < 1.29 is 0 Å². The Balaban J connectivity index is 0.000000122. The van der Waals surface area contributed by atoms with Gasteiger partial charge in [-0.25, -0.2) is 78.5 Å². The molecule has 634 valence electrons. The minimum absolute atomic E-state index is 0.555. The van der Waals surface area contributed by atoms with Crippen LogP contribution in [0.3, 0.4) is 0 Å². The molecule has 11 heterocycles. The van der Waals surface area contributed by atoms with Crippen LogP contribution in [0.5, 0.6) is 0 Å². The predicted octanol–water partition coefficient (Wildman–Crippen LogP) is 24.6. The first-order valence-electron chi connectivity index (χ1n) is 43.4. The van der Waals surface area contributed by atoms with E-state index < -0.39 is 0 Å². The third kappa shape index (κ3) is 18.8. The van der Waals surface area contributed by atoms with Gasteiger partial charge in [0.15, 0.2) is 29.1 Å². The van der Waals surface area contributed by atoms with Gasteiger partial charge in [0.1, 0.15) is 19.0 Å². The van der Waals surface area contributed by atoms with E-state index in [1.165, 1.54) is 19.0 Å². The summed E-state index contributed by atoms with van der Waals surface area (Å²) in [6, 6.07) is 125. The number of hydrogen-bond donors (Lipinski definition) is 0. The molecule has 0 radical (unpaired) electrons. The fraction of sp³-hybridized carbons (Fsp3) is 0. The Morgan fingerprint density at radius 1 is 0.172 bits per heavy atom. The molecule has 21 nitrogen and oxygen atoms in total. The Morgan fingerprint density at radius 3 is 0.836 bits per heavy atom. The zero-order valence-corrected chi connectivity index (χ0v) is 71.8. The Morgan fingerprint density at radius 2 is 0.463 bits per heavy atom. The van der Waals surface area contributed by atoms with Crippen LogP contribution in [0.4, 0.5) is 0 Å². The van der Waals surface area contributed by atoms with Gasteiger partial charge in [-0.05, 0) is 142 Å². The van der Waals surface area contributed by atoms with Crippen molar-refractivity contribution in [1.82, 2.24) is 104 Å². The van der Waals surface area contributed by atoms with Crippen molar-refractivity contribution in [2.75, 3.05) is 0 Å². The van der Waals surface area contributed by atoms with Gasteiger partial charge in [-0.2, -0.15) is 20.4 Å². The summed E-state index contributed by atoms with van der Waals surface area (Å²) < 4.78 is 7.33. The van der Waals surface area contributed by atoms with Gasteiger partial charge < -0.3 is 0 Å². The van der Waals surface area contributed by atoms with Gasteiger partial charge in [0.05, 0.1) is 63.6 Å². The Kier molecular flexibility index (Phi) is 23.5. The van der Waals surface area contributed by atoms with Gasteiger partial charge >= 0.3 is 0 Å². The number of benzene rings is 12. The average molecular weight is 1730 g/mol. The predicted molar refractivity (Wildman–Crippen MR) is 526 cm³/mol. The van der Waals surface area contributed by atoms with Crippen molar-refractivity contribution in [2.24, 2.45) is 0 Å². The zero-order valence-electron chi connectivity index (χ0n) is 71.8. The number of hydrogen-bond acceptors (Lipinski definition) is 17. The lowest BCUT2D eigenvalue weighted by atomic mass is 9.99. The first-order chi connectivity index (χ1) is 66.3. The third-order valence-corrected chi connectivity index (χ3v) is 22.6. The van der Waals surface area contributed by atoms with E-state index in [-0.39, 0.29) is 0 Å². The van der Waals surface area contributed by atoms with Crippen LogP contribution in [0.15, 0.2) is 470 Å². The maximum absolute atomic E-state index is 5.16. The zero-order chi connectivity index (χ0) is 89.6. The van der Waals surface area contributed by atoms with Crippen molar-refractivity contribution >= 4 is 0 Å². The van der Waals surface area contributed by atoms with Gasteiger partial charge in [0.2, 0.25) is 0 Å². The molecule has 0 bridgehead atoms. The van der Waals surface area contributed by atoms with E-state index in [1.54, 1.807) is 40.3 Å². The van der Waals surface area contributed by atoms with Gasteiger partial charge in [-0.3, -0.25) is 4.98 Å². The summed E-state index contributed by atoms with van der Waals surface area (Å²) in [6.07, 6.45) is 28.8. The van der Waals surface area contributed by atoms with Crippen LogP contribution in [0.1, 0.15) is 0 Å². The van der Waals surface area contributed by atoms with Crippen LogP contribution in [-0.4, -0.2) is 104 Å². The molecule has 0 aliphatic heterocycles. The van der Waals surface area contributed by atoms with Crippen molar-refractivity contribution in [3.8, 4) is 203 Å². The Labute approximate surface area is 771 Å². The number of aromatic nitrogens is 21. The van der Waals surface area contributed by atoms with E-state index in [0.717, 1.165) is 174 Å². The Hall–Kier alpha value is -18.9. The molecule has 0 aliphatic carbocycles. The fourth-order valence-electron chi connectivity index (χ4n) is 15.8. The van der Waals surface area contributed by atoms with E-state index in [9.17, 15) is 0 Å². The van der Waals surface area contributed by atoms with Crippen LogP contribution in [0.2, 0.25) is 0 Å². The highest BCUT2D eigenvalue weighted by molar-refractivity contribution is 5.82. The molecule has 0 N–H and O–H groups in total. The largest absolute Gasteiger partial charge is 0.256 e. The topological polar surface area (TPSA) is 239 Å². The second kappa shape index (κ2) is 38.4. The second-order valence-corrected chi connectivity index (χ2v) is 31.4. The highest BCUT2D eigenvalue weighted by atomic mass is 15.3. The second-order valence-electron chi connectivity index (χ2n) is 31.4. The summed E-state index contributed by atoms with van der Waals surface area (Å²) in [5, 5.41) is 18.9. The maximum atomic E-state index is 5.16. The van der Waals surface area contributed by atoms with Crippen LogP contribution < -0.4 is 0 Å². The molecule has 0 saturated heterocycles. The fourth-order valence-corrected chi connectivity index (χ4v) is 15.8. The van der Waals surface area contributed by atoms with E-state index in [4.69, 9.17) is 40.1 Å². The lowest BCUT2D eigenvalue weighted by molar-refractivity contribution is 0.809. The molecule has 0 spiro atoms. The lowest BCUT2D eigenvalue weighted by Gasteiger charge is -2.12. The quantitative estimate of drug-likeness (QED) is 0.0689. The summed E-state index contributed by atoms with van der Waals surface area (Å²) in [5.41, 5.74) is 29.9. The lowest BCUT2D eigenvalue weighted by Crippen LogP contribution is -2.07. The average Bonchev–Trinajstić information content (AvgIpc) is 0.842. The van der Waals surface area contributed by atoms with E-state index in [0.29, 0.717) is 29.1 Å². The molecule has 0 fully saturated rings. The maximum Gasteiger partial charge on any atom is 0.164 e. The molecule has 0 unspecified atom stereocenters. The van der Waals surface area contributed by atoms with E-state index in [1.807, 2.05) is 253 Å². The van der Waals surface area contributed by atoms with Crippen molar-refractivity contribution in [3.63, 3.8) is 0 Å². The number of pyridine rings is 1. The monoisotopic (exact) mass is 1730 g/mol. The Bertz CT molecular complexity index is 7510. The molecule has 12 aromatic carbocycles. The molecule has 0 aliphatic rings. The summed E-state index contributed by atoms with van der Waals surface area (Å²) in [7, 11) is 0. The summed E-state index contributed by atoms with van der Waals surface area (Å²) in [5.74, 6) is 3.06. The number of rotatable bonds is 20. The van der Waals surface area contributed by atoms with Crippen molar-refractivity contribution in [3.05, 3.63) is 470 Å². The molecule has 0 amide bonds. The van der Waals surface area contributed by atoms with Gasteiger partial charge in [-0.1, -0.05) is 267 Å². The summed E-state index contributed by atoms with van der Waals surface area (Å²) >= 11 is 0. The third-order valence-electron chi connectivity index (χ3n) is 22.6. The van der Waals surface area contributed by atoms with Crippen LogP contribution in [-0.2, 0) is 0 Å². The molecule has 23 aromatic rings. The van der Waals surface area contributed by atoms with Gasteiger partial charge in [0, 0.05) is 152 Å². The summed E-state index contributed by atoms with van der Waals surface area (Å²) in [4.78, 5) is 60.0. The first kappa shape index (κ1) is 82.1. The molecule has 23 rings (SSSR count). The number of nitrogens with zero attached hydrogens (tertiary/aromatic N) is 21. The standard InChI is InChI=1S/C44H30N8.C37H25N5.C32H22N8/c1-3-16-40(17-4-1)51-28-38(26-47-51)32-11-7-13-34(20-32)42-23-43(50-44(49-42)36-15-9-10-31(22-36)37-24-45-30-46-25-37)35-14-8-12-33(21-35)39-27-48-52(29-39)41-18-5-2-6-19-41;1-3-9-26(10-4-1)28-13-7-15-30(19-28)35-22-36(31-16-8-14-29(20-31)27-11-5-2-6-12-27)42-37(41-35)32-17-18-40-34(21-32)33-23-38-25-39-24-33;1-3-8-23(9-4-1)28-14-16-39(37-28)30-19-31(40-17-15-29(38-40)24-10-5-2-6-11-24)36-32(35-30)26-13-7-12-25(18-26)27-20-33-22-34-21-27/h1-30H;1-25H;1-22H. The van der Waals surface area contributed by atoms with Gasteiger partial charge in [-0.15, -0.1) is 0 Å². The highest BCUT2D eigenvalue weighted by Crippen LogP contribution is 2.38. The van der Waals surface area contributed by atoms with E-state index in [2.05, 4.69) is 221 Å². The van der Waals surface area contributed by atoms with Crippen LogP contribution in [0.25, 0.3) is 203 Å². The van der Waals surface area contributed by atoms with Crippen LogP contribution >= 0.6 is 0 Å². The highest BCUT2D eigenvalue weighted by Gasteiger charge is 2.21. The molecule has 0 saturated carbocycles. The molecule has 21 heteroatoms. The minimum Gasteiger partial charge on any atom is -0.256 e. The summed E-state index contributed by atoms with van der Waals surface area (Å²) in [6.45, 7) is 0. The van der Waals surface area contributed by atoms with Crippen molar-refractivity contribution in [2.45, 2.75) is 0 Å². The molecular formula is C113H77N21. The first-order valence-corrected chi connectivity index (χ1v) is 43.4. The minimum atomic E-state index is 0.555. The molecular weight excluding hydrogens is 1650 g/mol. The molecule has 134 heavy (non-hydrogen) atoms. The SMILES string of the molecule is c1ccc(-c2cccc(-c3cc(-c4cccc(-c5ccccc5)c4)nc(-c4ccnc(-c5cncnc5)c4)n3)c2)cc1.c1ccc(-c2ccn(-c3cc(-n4ccc(-c5ccccc5)n4)nc(-c4cccc(-c5cncnc5)c4)n3)n2)cc1.c1ccc(-n2cc(-c3cccc(-c4cc(-c5cccc(-c6cnn(-c7ccccc7)c6)c5)nc(-c5cccc(-c6cncnc6)c5)n4)c3)cn2)cc1. The van der Waals surface area contributed by atoms with Crippen LogP contribution in [0, 0.1) is 0 Å². The normalized spacial score (nSPS) is 11.0. The smallest absolute Gasteiger partial charge is 0.164 e. The molecule has 0 atom stereocenters.